The molecule has 1 aliphatic heterocycles. The van der Waals surface area contributed by atoms with E-state index in [9.17, 15) is 9.59 Å². The summed E-state index contributed by atoms with van der Waals surface area (Å²) < 4.78 is 5.19. The average molecular weight is 374 g/mol. The molecule has 0 unspecified atom stereocenters. The fourth-order valence-electron chi connectivity index (χ4n) is 3.79. The van der Waals surface area contributed by atoms with Gasteiger partial charge in [-0.05, 0) is 37.1 Å². The van der Waals surface area contributed by atoms with E-state index in [1.165, 1.54) is 6.42 Å². The number of hydrogen-bond acceptors (Lipinski definition) is 5. The normalized spacial score (nSPS) is 18.8. The Morgan fingerprint density at radius 1 is 1.04 bits per heavy atom. The van der Waals surface area contributed by atoms with Gasteiger partial charge in [0.2, 0.25) is 5.91 Å². The lowest BCUT2D eigenvalue weighted by Gasteiger charge is -2.35. The number of carbonyl (C=O) groups excluding carboxylic acids is 2. The van der Waals surface area contributed by atoms with Crippen molar-refractivity contribution in [2.45, 2.75) is 38.1 Å². The molecule has 0 aromatic heterocycles. The number of ether oxygens (including phenoxy) is 1. The summed E-state index contributed by atoms with van der Waals surface area (Å²) >= 11 is 0. The molecule has 0 bridgehead atoms. The third-order valence-corrected chi connectivity index (χ3v) is 5.37. The molecule has 148 valence electrons. The molecule has 1 saturated heterocycles. The number of urea groups is 1. The molecule has 1 aromatic rings. The van der Waals surface area contributed by atoms with Crippen molar-refractivity contribution >= 4 is 17.6 Å². The lowest BCUT2D eigenvalue weighted by atomic mass is 9.96. The standard InChI is InChI=1S/C20H30N4O3/c1-27-18-9-7-17(8-10-18)24-13-11-23(12-14-24)15-19(25)22-20(26)21-16-5-3-2-4-6-16/h7-10,16H,2-6,11-15H2,1H3,(H2,21,22,25,26). The first-order valence-corrected chi connectivity index (χ1v) is 9.86. The predicted molar refractivity (Wildman–Crippen MR) is 105 cm³/mol. The van der Waals surface area contributed by atoms with E-state index < -0.39 is 0 Å². The number of amides is 3. The van der Waals surface area contributed by atoms with Crippen molar-refractivity contribution in [1.29, 1.82) is 0 Å². The smallest absolute Gasteiger partial charge is 0.321 e. The third-order valence-electron chi connectivity index (χ3n) is 5.37. The molecule has 1 aromatic carbocycles. The average Bonchev–Trinajstić information content (AvgIpc) is 2.69. The SMILES string of the molecule is COc1ccc(N2CCN(CC(=O)NC(=O)NC3CCCCC3)CC2)cc1. The lowest BCUT2D eigenvalue weighted by Crippen LogP contribution is -2.52. The van der Waals surface area contributed by atoms with Crippen LogP contribution in [0.4, 0.5) is 10.5 Å². The summed E-state index contributed by atoms with van der Waals surface area (Å²) in [7, 11) is 1.66. The van der Waals surface area contributed by atoms with Crippen LogP contribution in [0.3, 0.4) is 0 Å². The topological polar surface area (TPSA) is 73.9 Å². The second-order valence-corrected chi connectivity index (χ2v) is 7.32. The largest absolute Gasteiger partial charge is 0.497 e. The number of anilines is 1. The molecule has 2 fully saturated rings. The fraction of sp³-hybridized carbons (Fsp3) is 0.600. The van der Waals surface area contributed by atoms with Gasteiger partial charge in [-0.15, -0.1) is 0 Å². The Kier molecular flexibility index (Phi) is 6.92. The molecule has 3 rings (SSSR count). The molecule has 0 spiro atoms. The van der Waals surface area contributed by atoms with Gasteiger partial charge in [-0.2, -0.15) is 0 Å². The van der Waals surface area contributed by atoms with Crippen LogP contribution in [-0.2, 0) is 4.79 Å². The monoisotopic (exact) mass is 374 g/mol. The van der Waals surface area contributed by atoms with E-state index in [1.54, 1.807) is 7.11 Å². The molecular formula is C20H30N4O3. The summed E-state index contributed by atoms with van der Waals surface area (Å²) in [6, 6.07) is 7.87. The maximum Gasteiger partial charge on any atom is 0.321 e. The molecule has 7 nitrogen and oxygen atoms in total. The Bertz CT molecular complexity index is 621. The Morgan fingerprint density at radius 2 is 1.70 bits per heavy atom. The molecule has 1 aliphatic carbocycles. The summed E-state index contributed by atoms with van der Waals surface area (Å²) in [4.78, 5) is 28.5. The van der Waals surface area contributed by atoms with Crippen molar-refractivity contribution in [3.8, 4) is 5.75 Å². The highest BCUT2D eigenvalue weighted by molar-refractivity contribution is 5.95. The fourth-order valence-corrected chi connectivity index (χ4v) is 3.79. The van der Waals surface area contributed by atoms with E-state index in [0.29, 0.717) is 0 Å². The van der Waals surface area contributed by atoms with Gasteiger partial charge in [0.15, 0.2) is 0 Å². The van der Waals surface area contributed by atoms with Crippen LogP contribution in [0.25, 0.3) is 0 Å². The van der Waals surface area contributed by atoms with Crippen LogP contribution in [-0.4, -0.2) is 62.7 Å². The third kappa shape index (κ3) is 5.85. The number of piperazine rings is 1. The number of imide groups is 1. The van der Waals surface area contributed by atoms with Crippen LogP contribution in [0.5, 0.6) is 5.75 Å². The molecule has 0 radical (unpaired) electrons. The molecule has 3 amide bonds. The van der Waals surface area contributed by atoms with Gasteiger partial charge in [-0.1, -0.05) is 19.3 Å². The van der Waals surface area contributed by atoms with Gasteiger partial charge in [-0.3, -0.25) is 15.0 Å². The Labute approximate surface area is 161 Å². The van der Waals surface area contributed by atoms with E-state index in [4.69, 9.17) is 4.74 Å². The van der Waals surface area contributed by atoms with Crippen LogP contribution in [0.15, 0.2) is 24.3 Å². The Hall–Kier alpha value is -2.28. The molecule has 0 atom stereocenters. The van der Waals surface area contributed by atoms with Crippen molar-refractivity contribution < 1.29 is 14.3 Å². The predicted octanol–water partition coefficient (Wildman–Crippen LogP) is 1.98. The van der Waals surface area contributed by atoms with Crippen LogP contribution in [0.1, 0.15) is 32.1 Å². The number of rotatable bonds is 5. The van der Waals surface area contributed by atoms with Gasteiger partial charge < -0.3 is 15.0 Å². The number of nitrogens with zero attached hydrogens (tertiary/aromatic N) is 2. The second kappa shape index (κ2) is 9.60. The number of nitrogens with one attached hydrogen (secondary N) is 2. The first-order valence-electron chi connectivity index (χ1n) is 9.86. The minimum Gasteiger partial charge on any atom is -0.497 e. The zero-order chi connectivity index (χ0) is 19.1. The zero-order valence-electron chi connectivity index (χ0n) is 16.1. The molecule has 1 saturated carbocycles. The molecule has 1 heterocycles. The van der Waals surface area contributed by atoms with Crippen LogP contribution in [0, 0.1) is 0 Å². The summed E-state index contributed by atoms with van der Waals surface area (Å²) in [6.45, 7) is 3.56. The molecule has 2 aliphatic rings. The van der Waals surface area contributed by atoms with E-state index in [0.717, 1.165) is 63.3 Å². The quantitative estimate of drug-likeness (QED) is 0.824. The first kappa shape index (κ1) is 19.5. The number of methoxy groups -OCH3 is 1. The highest BCUT2D eigenvalue weighted by Gasteiger charge is 2.21. The molecule has 2 N–H and O–H groups in total. The van der Waals surface area contributed by atoms with Crippen molar-refractivity contribution in [1.82, 2.24) is 15.5 Å². The summed E-state index contributed by atoms with van der Waals surface area (Å²) in [5.74, 6) is 0.613. The van der Waals surface area contributed by atoms with Gasteiger partial charge in [0.05, 0.1) is 13.7 Å². The Balaban J connectivity index is 1.37. The Morgan fingerprint density at radius 3 is 2.33 bits per heavy atom. The maximum atomic E-state index is 12.1. The van der Waals surface area contributed by atoms with Gasteiger partial charge in [0, 0.05) is 37.9 Å². The minimum absolute atomic E-state index is 0.208. The van der Waals surface area contributed by atoms with E-state index in [-0.39, 0.29) is 24.5 Å². The van der Waals surface area contributed by atoms with Crippen molar-refractivity contribution in [3.63, 3.8) is 0 Å². The highest BCUT2D eigenvalue weighted by atomic mass is 16.5. The molecular weight excluding hydrogens is 344 g/mol. The molecule has 7 heteroatoms. The first-order chi connectivity index (χ1) is 13.1. The van der Waals surface area contributed by atoms with Gasteiger partial charge >= 0.3 is 6.03 Å². The summed E-state index contributed by atoms with van der Waals surface area (Å²) in [5, 5.41) is 5.39. The van der Waals surface area contributed by atoms with Crippen LogP contribution < -0.4 is 20.3 Å². The second-order valence-electron chi connectivity index (χ2n) is 7.32. The van der Waals surface area contributed by atoms with E-state index in [1.807, 2.05) is 12.1 Å². The van der Waals surface area contributed by atoms with Gasteiger partial charge in [-0.25, -0.2) is 4.79 Å². The van der Waals surface area contributed by atoms with E-state index >= 15 is 0 Å². The van der Waals surface area contributed by atoms with Gasteiger partial charge in [0.1, 0.15) is 5.75 Å². The van der Waals surface area contributed by atoms with Crippen molar-refractivity contribution in [2.24, 2.45) is 0 Å². The van der Waals surface area contributed by atoms with Crippen LogP contribution >= 0.6 is 0 Å². The summed E-state index contributed by atoms with van der Waals surface area (Å²) in [6.07, 6.45) is 5.56. The number of benzene rings is 1. The lowest BCUT2D eigenvalue weighted by molar-refractivity contribution is -0.121. The van der Waals surface area contributed by atoms with Crippen molar-refractivity contribution in [2.75, 3.05) is 44.7 Å². The number of carbonyl (C=O) groups is 2. The highest BCUT2D eigenvalue weighted by Crippen LogP contribution is 2.20. The maximum absolute atomic E-state index is 12.1. The minimum atomic E-state index is -0.358. The van der Waals surface area contributed by atoms with E-state index in [2.05, 4.69) is 32.6 Å². The molecule has 27 heavy (non-hydrogen) atoms. The zero-order valence-corrected chi connectivity index (χ0v) is 16.1. The summed E-state index contributed by atoms with van der Waals surface area (Å²) in [5.41, 5.74) is 1.16. The van der Waals surface area contributed by atoms with Crippen molar-refractivity contribution in [3.05, 3.63) is 24.3 Å². The number of hydrogen-bond donors (Lipinski definition) is 2. The van der Waals surface area contributed by atoms with Gasteiger partial charge in [0.25, 0.3) is 0 Å². The van der Waals surface area contributed by atoms with Crippen LogP contribution in [0.2, 0.25) is 0 Å².